The highest BCUT2D eigenvalue weighted by Crippen LogP contribution is 1.81. The Balaban J connectivity index is 2.83. The minimum absolute atomic E-state index is 0.169. The molecule has 33 valence electrons. The molecular formula is C3H6BN2-2. The lowest BCUT2D eigenvalue weighted by molar-refractivity contribution is 1.77. The van der Waals surface area contributed by atoms with Gasteiger partial charge in [-0.3, -0.25) is 0 Å². The number of nitrogens with one attached hydrogen (secondary N) is 2. The maximum atomic E-state index is 6.61. The van der Waals surface area contributed by atoms with Crippen molar-refractivity contribution in [1.82, 2.24) is 0 Å². The molecule has 0 aliphatic rings. The SMILES string of the molecule is C=C([NH-])[B]C[NH-]. The summed E-state index contributed by atoms with van der Waals surface area (Å²) in [5.74, 6) is 0. The van der Waals surface area contributed by atoms with Crippen molar-refractivity contribution in [1.29, 1.82) is 0 Å². The lowest BCUT2D eigenvalue weighted by Crippen LogP contribution is -1.91. The van der Waals surface area contributed by atoms with Crippen molar-refractivity contribution < 1.29 is 0 Å². The molecule has 0 bridgehead atoms. The van der Waals surface area contributed by atoms with Crippen molar-refractivity contribution in [3.05, 3.63) is 23.6 Å². The predicted molar refractivity (Wildman–Crippen MR) is 28.4 cm³/mol. The van der Waals surface area contributed by atoms with Crippen molar-refractivity contribution in [2.24, 2.45) is 0 Å². The molecular weight excluding hydrogens is 74.9 g/mol. The molecule has 0 spiro atoms. The average molecular weight is 80.9 g/mol. The van der Waals surface area contributed by atoms with Crippen LogP contribution in [0.5, 0.6) is 0 Å². The van der Waals surface area contributed by atoms with Crippen LogP contribution >= 0.6 is 0 Å². The zero-order valence-electron chi connectivity index (χ0n) is 3.49. The van der Waals surface area contributed by atoms with Gasteiger partial charge in [-0.25, -0.2) is 5.60 Å². The first-order valence-electron chi connectivity index (χ1n) is 1.65. The van der Waals surface area contributed by atoms with Crippen LogP contribution in [0.2, 0.25) is 0 Å². The van der Waals surface area contributed by atoms with Crippen LogP contribution in [0.15, 0.2) is 12.2 Å². The van der Waals surface area contributed by atoms with Crippen LogP contribution in [0.25, 0.3) is 11.5 Å². The molecule has 0 aromatic heterocycles. The van der Waals surface area contributed by atoms with Crippen LogP contribution in [0.1, 0.15) is 0 Å². The van der Waals surface area contributed by atoms with E-state index < -0.39 is 0 Å². The molecule has 0 unspecified atom stereocenters. The third-order valence-corrected chi connectivity index (χ3v) is 0.348. The maximum Gasteiger partial charge on any atom is 0.0982 e. The Morgan fingerprint density at radius 2 is 2.33 bits per heavy atom. The van der Waals surface area contributed by atoms with E-state index in [1.807, 2.05) is 0 Å². The maximum absolute atomic E-state index is 6.61. The van der Waals surface area contributed by atoms with Gasteiger partial charge < -0.3 is 11.5 Å². The zero-order valence-corrected chi connectivity index (χ0v) is 3.49. The molecule has 0 aliphatic heterocycles. The fraction of sp³-hybridized carbons (Fsp3) is 0.333. The highest BCUT2D eigenvalue weighted by molar-refractivity contribution is 6.46. The highest BCUT2D eigenvalue weighted by Gasteiger charge is 1.66. The van der Waals surface area contributed by atoms with Gasteiger partial charge in [0.2, 0.25) is 0 Å². The molecule has 0 rings (SSSR count). The van der Waals surface area contributed by atoms with Gasteiger partial charge in [0.05, 0.1) is 7.28 Å². The molecule has 0 aromatic carbocycles. The molecule has 0 atom stereocenters. The van der Waals surface area contributed by atoms with Gasteiger partial charge in [0.15, 0.2) is 0 Å². The van der Waals surface area contributed by atoms with E-state index in [4.69, 9.17) is 11.5 Å². The Morgan fingerprint density at radius 3 is 2.33 bits per heavy atom. The second-order valence-corrected chi connectivity index (χ2v) is 0.933. The van der Waals surface area contributed by atoms with E-state index in [1.165, 1.54) is 7.28 Å². The predicted octanol–water partition coefficient (Wildman–Crippen LogP) is 1.22. The Hall–Kier alpha value is -0.435. The average Bonchev–Trinajstić information content (AvgIpc) is 1.35. The van der Waals surface area contributed by atoms with E-state index in [2.05, 4.69) is 6.58 Å². The zero-order chi connectivity index (χ0) is 4.99. The fourth-order valence-electron chi connectivity index (χ4n) is 0.123. The van der Waals surface area contributed by atoms with Crippen LogP contribution in [0.3, 0.4) is 0 Å². The van der Waals surface area contributed by atoms with Crippen LogP contribution in [-0.2, 0) is 0 Å². The van der Waals surface area contributed by atoms with E-state index in [-0.39, 0.29) is 12.0 Å². The molecule has 0 heterocycles. The van der Waals surface area contributed by atoms with Gasteiger partial charge in [0.25, 0.3) is 0 Å². The third kappa shape index (κ3) is 3.56. The smallest absolute Gasteiger partial charge is 0.0982 e. The van der Waals surface area contributed by atoms with Crippen molar-refractivity contribution in [3.8, 4) is 0 Å². The molecule has 0 saturated carbocycles. The summed E-state index contributed by atoms with van der Waals surface area (Å²) in [6.45, 7) is 3.24. The van der Waals surface area contributed by atoms with Gasteiger partial charge in [-0.2, -0.15) is 6.44 Å². The summed E-state index contributed by atoms with van der Waals surface area (Å²) in [4.78, 5) is 0. The first-order chi connectivity index (χ1) is 2.77. The number of rotatable bonds is 2. The minimum Gasteiger partial charge on any atom is -0.711 e. The molecule has 0 amide bonds. The van der Waals surface area contributed by atoms with Crippen LogP contribution in [0, 0.1) is 0 Å². The Morgan fingerprint density at radius 1 is 1.83 bits per heavy atom. The van der Waals surface area contributed by atoms with Gasteiger partial charge >= 0.3 is 0 Å². The number of hydrogen-bond acceptors (Lipinski definition) is 0. The Bertz CT molecular complexity index is 52.8. The molecule has 1 radical (unpaired) electrons. The van der Waals surface area contributed by atoms with Crippen LogP contribution in [0.4, 0.5) is 0 Å². The Kier molecular flexibility index (Phi) is 2.58. The molecule has 0 fully saturated rings. The lowest BCUT2D eigenvalue weighted by Gasteiger charge is -2.03. The molecule has 0 aliphatic carbocycles. The summed E-state index contributed by atoms with van der Waals surface area (Å²) in [5, 5.41) is 0. The van der Waals surface area contributed by atoms with Crippen molar-refractivity contribution in [2.75, 3.05) is 6.44 Å². The summed E-state index contributed by atoms with van der Waals surface area (Å²) < 4.78 is 0. The van der Waals surface area contributed by atoms with Gasteiger partial charge in [0.1, 0.15) is 0 Å². The van der Waals surface area contributed by atoms with Gasteiger partial charge in [-0.1, -0.05) is 0 Å². The number of hydrogen-bond donors (Lipinski definition) is 0. The fourth-order valence-corrected chi connectivity index (χ4v) is 0.123. The van der Waals surface area contributed by atoms with E-state index in [0.717, 1.165) is 0 Å². The first kappa shape index (κ1) is 5.56. The monoisotopic (exact) mass is 81.1 g/mol. The molecule has 0 saturated heterocycles. The van der Waals surface area contributed by atoms with Crippen LogP contribution in [-0.4, -0.2) is 13.7 Å². The normalized spacial score (nSPS) is 7.50. The van der Waals surface area contributed by atoms with Crippen molar-refractivity contribution in [2.45, 2.75) is 0 Å². The summed E-state index contributed by atoms with van der Waals surface area (Å²) in [6.07, 6.45) is 0.169. The quantitative estimate of drug-likeness (QED) is 0.448. The largest absolute Gasteiger partial charge is 0.711 e. The summed E-state index contributed by atoms with van der Waals surface area (Å²) in [7, 11) is 1.43. The standard InChI is InChI=1S/C3H6BN2/c1-3(6)4-2-5/h5-6H,1-2H2/q-2. The van der Waals surface area contributed by atoms with Crippen LogP contribution < -0.4 is 0 Å². The summed E-state index contributed by atoms with van der Waals surface area (Å²) in [5.41, 5.74) is 13.3. The van der Waals surface area contributed by atoms with E-state index in [9.17, 15) is 0 Å². The summed E-state index contributed by atoms with van der Waals surface area (Å²) in [6, 6.07) is 0. The lowest BCUT2D eigenvalue weighted by atomic mass is 9.76. The van der Waals surface area contributed by atoms with E-state index in [1.54, 1.807) is 0 Å². The molecule has 0 aromatic rings. The van der Waals surface area contributed by atoms with Gasteiger partial charge in [-0.05, 0) is 0 Å². The molecule has 6 heavy (non-hydrogen) atoms. The topological polar surface area (TPSA) is 47.6 Å². The highest BCUT2D eigenvalue weighted by atomic mass is 14.5. The summed E-state index contributed by atoms with van der Waals surface area (Å²) >= 11 is 0. The van der Waals surface area contributed by atoms with Crippen molar-refractivity contribution in [3.63, 3.8) is 0 Å². The van der Waals surface area contributed by atoms with E-state index in [0.29, 0.717) is 0 Å². The Labute approximate surface area is 38.4 Å². The molecule has 2 nitrogen and oxygen atoms in total. The van der Waals surface area contributed by atoms with Gasteiger partial charge in [-0.15, -0.1) is 6.58 Å². The van der Waals surface area contributed by atoms with E-state index >= 15 is 0 Å². The second kappa shape index (κ2) is 2.78. The van der Waals surface area contributed by atoms with Crippen molar-refractivity contribution >= 4 is 7.28 Å². The molecule has 2 N–H and O–H groups in total. The second-order valence-electron chi connectivity index (χ2n) is 0.933. The van der Waals surface area contributed by atoms with Gasteiger partial charge in [0, 0.05) is 0 Å². The minimum atomic E-state index is 0.169. The first-order valence-corrected chi connectivity index (χ1v) is 1.65. The third-order valence-electron chi connectivity index (χ3n) is 0.348. The molecule has 3 heteroatoms.